The van der Waals surface area contributed by atoms with Crippen LogP contribution in [0.1, 0.15) is 23.7 Å². The number of ether oxygens (including phenoxy) is 1. The van der Waals surface area contributed by atoms with Gasteiger partial charge in [-0.25, -0.2) is 4.39 Å². The van der Waals surface area contributed by atoms with Crippen molar-refractivity contribution in [3.8, 4) is 5.75 Å². The number of halogens is 1. The Morgan fingerprint density at radius 3 is 3.00 bits per heavy atom. The van der Waals surface area contributed by atoms with Crippen LogP contribution in [0, 0.1) is 11.7 Å². The lowest BCUT2D eigenvalue weighted by Crippen LogP contribution is -2.32. The Morgan fingerprint density at radius 2 is 2.39 bits per heavy atom. The lowest BCUT2D eigenvalue weighted by atomic mass is 10.0. The number of phenols is 1. The van der Waals surface area contributed by atoms with Crippen LogP contribution in [0.15, 0.2) is 18.2 Å². The van der Waals surface area contributed by atoms with Gasteiger partial charge in [0.25, 0.3) is 5.91 Å². The molecule has 0 radical (unpaired) electrons. The number of nitrogens with one attached hydrogen (secondary N) is 1. The predicted molar refractivity (Wildman–Crippen MR) is 63.9 cm³/mol. The van der Waals surface area contributed by atoms with Gasteiger partial charge in [0.15, 0.2) is 0 Å². The molecule has 0 spiro atoms. The van der Waals surface area contributed by atoms with Crippen molar-refractivity contribution >= 4 is 5.91 Å². The van der Waals surface area contributed by atoms with Crippen molar-refractivity contribution in [2.24, 2.45) is 5.92 Å². The standard InChI is InChI=1S/C13H16FNO3/c1-8-9(5-6-18-8)7-15-13(17)12-10(14)3-2-4-11(12)16/h2-4,8-9,16H,5-7H2,1H3,(H,15,17). The summed E-state index contributed by atoms with van der Waals surface area (Å²) in [5, 5.41) is 12.1. The summed E-state index contributed by atoms with van der Waals surface area (Å²) in [4.78, 5) is 11.8. The summed E-state index contributed by atoms with van der Waals surface area (Å²) in [5.41, 5.74) is -0.302. The Bertz CT molecular complexity index is 430. The second kappa shape index (κ2) is 5.35. The molecular formula is C13H16FNO3. The second-order valence-corrected chi connectivity index (χ2v) is 4.47. The Hall–Kier alpha value is -1.62. The van der Waals surface area contributed by atoms with Gasteiger partial charge in [0.2, 0.25) is 0 Å². The van der Waals surface area contributed by atoms with Crippen LogP contribution in [0.4, 0.5) is 4.39 Å². The number of rotatable bonds is 3. The summed E-state index contributed by atoms with van der Waals surface area (Å²) in [6.07, 6.45) is 0.976. The smallest absolute Gasteiger partial charge is 0.258 e. The van der Waals surface area contributed by atoms with Gasteiger partial charge in [0.05, 0.1) is 6.10 Å². The minimum atomic E-state index is -0.719. The summed E-state index contributed by atoms with van der Waals surface area (Å²) in [6.45, 7) is 3.06. The normalized spacial score (nSPS) is 23.0. The molecule has 2 unspecified atom stereocenters. The summed E-state index contributed by atoms with van der Waals surface area (Å²) < 4.78 is 18.8. The number of hydrogen-bond acceptors (Lipinski definition) is 3. The minimum Gasteiger partial charge on any atom is -0.507 e. The van der Waals surface area contributed by atoms with E-state index in [1.54, 1.807) is 0 Å². The first kappa shape index (κ1) is 12.8. The van der Waals surface area contributed by atoms with E-state index >= 15 is 0 Å². The topological polar surface area (TPSA) is 58.6 Å². The van der Waals surface area contributed by atoms with E-state index in [1.807, 2.05) is 6.92 Å². The number of amides is 1. The molecule has 18 heavy (non-hydrogen) atoms. The zero-order valence-electron chi connectivity index (χ0n) is 10.1. The molecule has 0 bridgehead atoms. The molecule has 1 aromatic rings. The Labute approximate surface area is 105 Å². The van der Waals surface area contributed by atoms with Crippen molar-refractivity contribution in [1.29, 1.82) is 0 Å². The van der Waals surface area contributed by atoms with Crippen molar-refractivity contribution in [1.82, 2.24) is 5.32 Å². The monoisotopic (exact) mass is 253 g/mol. The molecule has 2 atom stereocenters. The average Bonchev–Trinajstić information content (AvgIpc) is 2.72. The SMILES string of the molecule is CC1OCCC1CNC(=O)c1c(O)cccc1F. The Kier molecular flexibility index (Phi) is 3.81. The number of aromatic hydroxyl groups is 1. The fourth-order valence-electron chi connectivity index (χ4n) is 2.09. The fraction of sp³-hybridized carbons (Fsp3) is 0.462. The molecule has 1 amide bonds. The third-order valence-corrected chi connectivity index (χ3v) is 3.28. The van der Waals surface area contributed by atoms with Crippen LogP contribution in [0.3, 0.4) is 0 Å². The van der Waals surface area contributed by atoms with Gasteiger partial charge in [-0.2, -0.15) is 0 Å². The van der Waals surface area contributed by atoms with Crippen molar-refractivity contribution in [3.63, 3.8) is 0 Å². The first-order valence-corrected chi connectivity index (χ1v) is 5.97. The number of hydrogen-bond donors (Lipinski definition) is 2. The van der Waals surface area contributed by atoms with Gasteiger partial charge in [-0.1, -0.05) is 6.07 Å². The van der Waals surface area contributed by atoms with E-state index in [2.05, 4.69) is 5.32 Å². The van der Waals surface area contributed by atoms with E-state index in [0.29, 0.717) is 13.2 Å². The maximum atomic E-state index is 13.4. The zero-order chi connectivity index (χ0) is 13.1. The van der Waals surface area contributed by atoms with Crippen molar-refractivity contribution in [2.45, 2.75) is 19.4 Å². The molecule has 1 heterocycles. The molecule has 2 rings (SSSR count). The molecule has 1 aliphatic heterocycles. The van der Waals surface area contributed by atoms with Crippen LogP contribution in [-0.4, -0.2) is 30.3 Å². The van der Waals surface area contributed by atoms with Crippen LogP contribution in [0.25, 0.3) is 0 Å². The molecule has 1 saturated heterocycles. The Balaban J connectivity index is 1.99. The predicted octanol–water partition coefficient (Wildman–Crippen LogP) is 1.69. The molecule has 1 fully saturated rings. The summed E-state index contributed by atoms with van der Waals surface area (Å²) >= 11 is 0. The van der Waals surface area contributed by atoms with Gasteiger partial charge in [-0.15, -0.1) is 0 Å². The third kappa shape index (κ3) is 2.61. The first-order valence-electron chi connectivity index (χ1n) is 5.97. The molecule has 5 heteroatoms. The molecule has 4 nitrogen and oxygen atoms in total. The maximum absolute atomic E-state index is 13.4. The number of benzene rings is 1. The van der Waals surface area contributed by atoms with Gasteiger partial charge in [-0.3, -0.25) is 4.79 Å². The average molecular weight is 253 g/mol. The quantitative estimate of drug-likeness (QED) is 0.861. The molecule has 98 valence electrons. The Morgan fingerprint density at radius 1 is 1.61 bits per heavy atom. The van der Waals surface area contributed by atoms with Gasteiger partial charge in [-0.05, 0) is 25.5 Å². The van der Waals surface area contributed by atoms with Gasteiger partial charge in [0.1, 0.15) is 17.1 Å². The van der Waals surface area contributed by atoms with Crippen molar-refractivity contribution in [3.05, 3.63) is 29.6 Å². The van der Waals surface area contributed by atoms with Gasteiger partial charge in [0, 0.05) is 19.1 Å². The third-order valence-electron chi connectivity index (χ3n) is 3.28. The van der Waals surface area contributed by atoms with Crippen LogP contribution in [0.2, 0.25) is 0 Å². The van der Waals surface area contributed by atoms with E-state index in [9.17, 15) is 14.3 Å². The van der Waals surface area contributed by atoms with E-state index in [0.717, 1.165) is 12.5 Å². The number of carbonyl (C=O) groups excluding carboxylic acids is 1. The van der Waals surface area contributed by atoms with Crippen LogP contribution >= 0.6 is 0 Å². The highest BCUT2D eigenvalue weighted by atomic mass is 19.1. The van der Waals surface area contributed by atoms with Gasteiger partial charge < -0.3 is 15.2 Å². The number of carbonyl (C=O) groups is 1. The highest BCUT2D eigenvalue weighted by Gasteiger charge is 2.25. The highest BCUT2D eigenvalue weighted by molar-refractivity contribution is 5.97. The molecule has 0 saturated carbocycles. The highest BCUT2D eigenvalue weighted by Crippen LogP contribution is 2.21. The van der Waals surface area contributed by atoms with Crippen LogP contribution < -0.4 is 5.32 Å². The largest absolute Gasteiger partial charge is 0.507 e. The van der Waals surface area contributed by atoms with E-state index in [-0.39, 0.29) is 23.3 Å². The lowest BCUT2D eigenvalue weighted by molar-refractivity contribution is 0.0902. The zero-order valence-corrected chi connectivity index (χ0v) is 10.1. The second-order valence-electron chi connectivity index (χ2n) is 4.47. The molecule has 1 aromatic carbocycles. The van der Waals surface area contributed by atoms with Crippen LogP contribution in [-0.2, 0) is 4.74 Å². The van der Waals surface area contributed by atoms with Crippen LogP contribution in [0.5, 0.6) is 5.75 Å². The summed E-state index contributed by atoms with van der Waals surface area (Å²) in [6, 6.07) is 3.80. The fourth-order valence-corrected chi connectivity index (χ4v) is 2.09. The molecular weight excluding hydrogens is 237 g/mol. The molecule has 0 aromatic heterocycles. The first-order chi connectivity index (χ1) is 8.59. The number of phenolic OH excluding ortho intramolecular Hbond substituents is 1. The minimum absolute atomic E-state index is 0.0968. The summed E-state index contributed by atoms with van der Waals surface area (Å²) in [5.74, 6) is -1.42. The molecule has 2 N–H and O–H groups in total. The summed E-state index contributed by atoms with van der Waals surface area (Å²) in [7, 11) is 0. The van der Waals surface area contributed by atoms with E-state index < -0.39 is 11.7 Å². The molecule has 1 aliphatic rings. The maximum Gasteiger partial charge on any atom is 0.258 e. The van der Waals surface area contributed by atoms with E-state index in [4.69, 9.17) is 4.74 Å². The van der Waals surface area contributed by atoms with Gasteiger partial charge >= 0.3 is 0 Å². The lowest BCUT2D eigenvalue weighted by Gasteiger charge is -2.15. The van der Waals surface area contributed by atoms with Crippen molar-refractivity contribution < 1.29 is 19.0 Å². The van der Waals surface area contributed by atoms with Crippen molar-refractivity contribution in [2.75, 3.05) is 13.2 Å². The van der Waals surface area contributed by atoms with E-state index in [1.165, 1.54) is 12.1 Å². The molecule has 0 aliphatic carbocycles.